The SMILES string of the molecule is CCOc1ccccc1NC(=O)Nc1ccc([C@H]2NC(=S)N(CC)C(C)=C2C(=O)OC)cc1. The second-order valence-electron chi connectivity index (χ2n) is 7.25. The second-order valence-corrected chi connectivity index (χ2v) is 7.63. The van der Waals surface area contributed by atoms with E-state index >= 15 is 0 Å². The average molecular weight is 469 g/mol. The lowest BCUT2D eigenvalue weighted by Crippen LogP contribution is -2.47. The molecule has 0 unspecified atom stereocenters. The van der Waals surface area contributed by atoms with Gasteiger partial charge < -0.3 is 30.3 Å². The number of allylic oxidation sites excluding steroid dienone is 1. The largest absolute Gasteiger partial charge is 0.492 e. The van der Waals surface area contributed by atoms with Crippen molar-refractivity contribution in [2.24, 2.45) is 0 Å². The summed E-state index contributed by atoms with van der Waals surface area (Å²) >= 11 is 5.48. The van der Waals surface area contributed by atoms with Gasteiger partial charge in [-0.05, 0) is 62.8 Å². The van der Waals surface area contributed by atoms with Crippen molar-refractivity contribution in [2.45, 2.75) is 26.8 Å². The summed E-state index contributed by atoms with van der Waals surface area (Å²) in [5, 5.41) is 9.37. The van der Waals surface area contributed by atoms with Gasteiger partial charge in [0.1, 0.15) is 5.75 Å². The second kappa shape index (κ2) is 10.8. The number of carbonyl (C=O) groups is 2. The number of anilines is 2. The summed E-state index contributed by atoms with van der Waals surface area (Å²) in [5.41, 5.74) is 3.25. The molecule has 33 heavy (non-hydrogen) atoms. The maximum absolute atomic E-state index is 12.5. The van der Waals surface area contributed by atoms with Gasteiger partial charge in [-0.1, -0.05) is 24.3 Å². The molecule has 2 aromatic rings. The lowest BCUT2D eigenvalue weighted by molar-refractivity contribution is -0.136. The molecule has 1 aliphatic rings. The number of carbonyl (C=O) groups excluding carboxylic acids is 2. The molecule has 0 aliphatic carbocycles. The predicted molar refractivity (Wildman–Crippen MR) is 132 cm³/mol. The van der Waals surface area contributed by atoms with Crippen molar-refractivity contribution in [3.05, 3.63) is 65.4 Å². The van der Waals surface area contributed by atoms with E-state index in [2.05, 4.69) is 16.0 Å². The number of hydrogen-bond acceptors (Lipinski definition) is 5. The van der Waals surface area contributed by atoms with E-state index in [1.807, 2.05) is 49.9 Å². The first-order chi connectivity index (χ1) is 15.9. The Morgan fingerprint density at radius 2 is 1.79 bits per heavy atom. The van der Waals surface area contributed by atoms with E-state index in [9.17, 15) is 9.59 Å². The van der Waals surface area contributed by atoms with E-state index in [0.717, 1.165) is 11.3 Å². The minimum absolute atomic E-state index is 0.392. The molecule has 3 N–H and O–H groups in total. The van der Waals surface area contributed by atoms with Gasteiger partial charge in [-0.2, -0.15) is 0 Å². The lowest BCUT2D eigenvalue weighted by Gasteiger charge is -2.36. The van der Waals surface area contributed by atoms with Crippen LogP contribution in [0.2, 0.25) is 0 Å². The van der Waals surface area contributed by atoms with Crippen molar-refractivity contribution >= 4 is 40.7 Å². The molecule has 3 rings (SSSR count). The first-order valence-electron chi connectivity index (χ1n) is 10.7. The van der Waals surface area contributed by atoms with E-state index in [1.165, 1.54) is 7.11 Å². The average Bonchev–Trinajstić information content (AvgIpc) is 2.80. The molecule has 174 valence electrons. The van der Waals surface area contributed by atoms with Crippen LogP contribution >= 0.6 is 12.2 Å². The lowest BCUT2D eigenvalue weighted by atomic mass is 9.95. The van der Waals surface area contributed by atoms with Crippen LogP contribution in [-0.2, 0) is 9.53 Å². The molecule has 2 aromatic carbocycles. The van der Waals surface area contributed by atoms with Crippen LogP contribution in [0.3, 0.4) is 0 Å². The molecule has 1 atom stereocenters. The normalized spacial score (nSPS) is 15.6. The van der Waals surface area contributed by atoms with E-state index < -0.39 is 18.0 Å². The number of rotatable bonds is 7. The maximum atomic E-state index is 12.5. The van der Waals surface area contributed by atoms with Gasteiger partial charge in [0.2, 0.25) is 0 Å². The molecule has 1 aliphatic heterocycles. The topological polar surface area (TPSA) is 91.9 Å². The monoisotopic (exact) mass is 468 g/mol. The highest BCUT2D eigenvalue weighted by Crippen LogP contribution is 2.32. The number of methoxy groups -OCH3 is 1. The van der Waals surface area contributed by atoms with E-state index in [1.54, 1.807) is 24.3 Å². The molecular formula is C24H28N4O4S. The van der Waals surface area contributed by atoms with Gasteiger partial charge in [0.15, 0.2) is 5.11 Å². The number of thiocarbonyl (C=S) groups is 1. The smallest absolute Gasteiger partial charge is 0.337 e. The van der Waals surface area contributed by atoms with Gasteiger partial charge in [0.25, 0.3) is 0 Å². The number of esters is 1. The zero-order chi connectivity index (χ0) is 24.0. The number of para-hydroxylation sites is 2. The summed E-state index contributed by atoms with van der Waals surface area (Å²) in [7, 11) is 1.36. The summed E-state index contributed by atoms with van der Waals surface area (Å²) in [6.07, 6.45) is 0. The van der Waals surface area contributed by atoms with E-state index in [-0.39, 0.29) is 0 Å². The van der Waals surface area contributed by atoms with Crippen LogP contribution in [0.5, 0.6) is 5.75 Å². The Balaban J connectivity index is 1.77. The standard InChI is InChI=1S/C24H28N4O4S/c1-5-28-15(3)20(22(29)31-4)21(27-24(28)33)16-11-13-17(14-12-16)25-23(30)26-18-9-7-8-10-19(18)32-6-2/h7-14,21H,5-6H2,1-4H3,(H,27,33)(H2,25,26,30)/t21-/m1/s1. The van der Waals surface area contributed by atoms with Crippen molar-refractivity contribution in [3.8, 4) is 5.75 Å². The van der Waals surface area contributed by atoms with Crippen LogP contribution < -0.4 is 20.7 Å². The quantitative estimate of drug-likeness (QED) is 0.409. The molecule has 0 saturated heterocycles. The predicted octanol–water partition coefficient (Wildman–Crippen LogP) is 4.43. The van der Waals surface area contributed by atoms with Gasteiger partial charge in [-0.15, -0.1) is 0 Å². The van der Waals surface area contributed by atoms with E-state index in [4.69, 9.17) is 21.7 Å². The van der Waals surface area contributed by atoms with E-state index in [0.29, 0.717) is 41.0 Å². The third-order valence-electron chi connectivity index (χ3n) is 5.25. The first kappa shape index (κ1) is 24.1. The summed E-state index contributed by atoms with van der Waals surface area (Å²) in [5.74, 6) is 0.184. The van der Waals surface area contributed by atoms with Crippen LogP contribution in [0, 0.1) is 0 Å². The highest BCUT2D eigenvalue weighted by atomic mass is 32.1. The fraction of sp³-hybridized carbons (Fsp3) is 0.292. The number of benzene rings is 2. The van der Waals surface area contributed by atoms with Crippen molar-refractivity contribution in [2.75, 3.05) is 30.9 Å². The highest BCUT2D eigenvalue weighted by molar-refractivity contribution is 7.80. The fourth-order valence-corrected chi connectivity index (χ4v) is 4.07. The van der Waals surface area contributed by atoms with Crippen molar-refractivity contribution < 1.29 is 19.1 Å². The Labute approximate surface area is 198 Å². The maximum Gasteiger partial charge on any atom is 0.337 e. The van der Waals surface area contributed by atoms with Gasteiger partial charge >= 0.3 is 12.0 Å². The van der Waals surface area contributed by atoms with Crippen molar-refractivity contribution in [3.63, 3.8) is 0 Å². The molecule has 2 amide bonds. The van der Waals surface area contributed by atoms with Gasteiger partial charge in [-0.3, -0.25) is 0 Å². The van der Waals surface area contributed by atoms with Crippen LogP contribution in [0.4, 0.5) is 16.2 Å². The summed E-state index contributed by atoms with van der Waals surface area (Å²) in [4.78, 5) is 26.9. The van der Waals surface area contributed by atoms with Gasteiger partial charge in [0, 0.05) is 17.9 Å². The number of nitrogens with one attached hydrogen (secondary N) is 3. The summed E-state index contributed by atoms with van der Waals surface area (Å²) in [6, 6.07) is 13.6. The van der Waals surface area contributed by atoms with Gasteiger partial charge in [-0.25, -0.2) is 9.59 Å². The Bertz CT molecular complexity index is 1070. The Kier molecular flexibility index (Phi) is 7.89. The number of nitrogens with zero attached hydrogens (tertiary/aromatic N) is 1. The highest BCUT2D eigenvalue weighted by Gasteiger charge is 2.33. The zero-order valence-electron chi connectivity index (χ0n) is 19.1. The van der Waals surface area contributed by atoms with Gasteiger partial charge in [0.05, 0.1) is 31.0 Å². The number of ether oxygens (including phenoxy) is 2. The third-order valence-corrected chi connectivity index (χ3v) is 5.59. The Morgan fingerprint density at radius 1 is 1.09 bits per heavy atom. The molecule has 0 bridgehead atoms. The molecule has 0 fully saturated rings. The summed E-state index contributed by atoms with van der Waals surface area (Å²) < 4.78 is 10.6. The number of amides is 2. The molecule has 0 radical (unpaired) electrons. The van der Waals surface area contributed by atoms with Crippen LogP contribution in [0.1, 0.15) is 32.4 Å². The number of hydrogen-bond donors (Lipinski definition) is 3. The fourth-order valence-electron chi connectivity index (χ4n) is 3.68. The number of urea groups is 1. The van der Waals surface area contributed by atoms with Crippen molar-refractivity contribution in [1.29, 1.82) is 0 Å². The molecule has 0 saturated carbocycles. The molecule has 8 nitrogen and oxygen atoms in total. The minimum atomic E-state index is -0.450. The van der Waals surface area contributed by atoms with Crippen LogP contribution in [-0.4, -0.2) is 42.3 Å². The third kappa shape index (κ3) is 5.43. The molecule has 9 heteroatoms. The molecule has 0 spiro atoms. The van der Waals surface area contributed by atoms with Crippen LogP contribution in [0.25, 0.3) is 0 Å². The molecular weight excluding hydrogens is 440 g/mol. The molecule has 1 heterocycles. The molecule has 0 aromatic heterocycles. The Hall–Kier alpha value is -3.59. The Morgan fingerprint density at radius 3 is 2.42 bits per heavy atom. The first-order valence-corrected chi connectivity index (χ1v) is 11.1. The summed E-state index contributed by atoms with van der Waals surface area (Å²) in [6.45, 7) is 6.84. The zero-order valence-corrected chi connectivity index (χ0v) is 19.9. The minimum Gasteiger partial charge on any atom is -0.492 e. The van der Waals surface area contributed by atoms with Crippen molar-refractivity contribution in [1.82, 2.24) is 10.2 Å². The van der Waals surface area contributed by atoms with Crippen LogP contribution in [0.15, 0.2) is 59.8 Å².